The summed E-state index contributed by atoms with van der Waals surface area (Å²) in [6, 6.07) is 129. The summed E-state index contributed by atoms with van der Waals surface area (Å²) < 4.78 is 9.33. The van der Waals surface area contributed by atoms with E-state index in [0.29, 0.717) is 34.9 Å². The summed E-state index contributed by atoms with van der Waals surface area (Å²) in [5.41, 5.74) is 22.8. The largest absolute Gasteiger partial charge is 0.309 e. The Morgan fingerprint density at radius 1 is 0.132 bits per heavy atom. The van der Waals surface area contributed by atoms with Gasteiger partial charge in [-0.2, -0.15) is 0 Å². The Hall–Kier alpha value is -14.5. The normalized spacial score (nSPS) is 11.8. The van der Waals surface area contributed by atoms with Gasteiger partial charge in [-0.25, -0.2) is 29.9 Å². The number of nitrogens with zero attached hydrogens (tertiary/aromatic N) is 10. The van der Waals surface area contributed by atoms with Crippen LogP contribution in [0.25, 0.3) is 201 Å². The molecule has 0 N–H and O–H groups in total. The zero-order chi connectivity index (χ0) is 69.8. The van der Waals surface area contributed by atoms with E-state index in [1.165, 1.54) is 43.1 Å². The zero-order valence-corrected chi connectivity index (χ0v) is 57.1. The van der Waals surface area contributed by atoms with Crippen LogP contribution >= 0.6 is 0 Å². The fourth-order valence-corrected chi connectivity index (χ4v) is 15.9. The van der Waals surface area contributed by atoms with Crippen molar-refractivity contribution in [3.05, 3.63) is 364 Å². The lowest BCUT2D eigenvalue weighted by Crippen LogP contribution is -2.01. The lowest BCUT2D eigenvalue weighted by atomic mass is 9.97. The number of hydrogen-bond donors (Lipinski definition) is 0. The molecule has 0 radical (unpaired) electrons. The van der Waals surface area contributed by atoms with E-state index in [0.717, 1.165) is 123 Å². The monoisotopic (exact) mass is 1350 g/mol. The lowest BCUT2D eigenvalue weighted by Gasteiger charge is -2.13. The molecule has 0 amide bonds. The zero-order valence-electron chi connectivity index (χ0n) is 57.1. The third-order valence-corrected chi connectivity index (χ3v) is 20.9. The second kappa shape index (κ2) is 24.7. The molecule has 106 heavy (non-hydrogen) atoms. The molecule has 21 rings (SSSR count). The number of fused-ring (bicyclic) bond motifs is 12. The minimum Gasteiger partial charge on any atom is -0.309 e. The maximum atomic E-state index is 5.32. The van der Waals surface area contributed by atoms with E-state index in [1.807, 2.05) is 0 Å². The Morgan fingerprint density at radius 3 is 0.491 bits per heavy atom. The van der Waals surface area contributed by atoms with E-state index in [4.69, 9.17) is 29.9 Å². The van der Waals surface area contributed by atoms with Crippen molar-refractivity contribution in [3.63, 3.8) is 0 Å². The molecule has 494 valence electrons. The molecule has 15 aromatic carbocycles. The number of hydrogen-bond acceptors (Lipinski definition) is 6. The molecule has 0 spiro atoms. The van der Waals surface area contributed by atoms with Crippen LogP contribution in [0.1, 0.15) is 0 Å². The molecule has 0 fully saturated rings. The van der Waals surface area contributed by atoms with Crippen LogP contribution in [0, 0.1) is 0 Å². The van der Waals surface area contributed by atoms with Crippen molar-refractivity contribution in [1.29, 1.82) is 0 Å². The van der Waals surface area contributed by atoms with Crippen molar-refractivity contribution in [3.8, 4) is 113 Å². The highest BCUT2D eigenvalue weighted by molar-refractivity contribution is 6.12. The molecule has 0 bridgehead atoms. The number of benzene rings is 15. The summed E-state index contributed by atoms with van der Waals surface area (Å²) >= 11 is 0. The lowest BCUT2D eigenvalue weighted by molar-refractivity contribution is 1.07. The van der Waals surface area contributed by atoms with E-state index < -0.39 is 0 Å². The maximum absolute atomic E-state index is 5.32. The molecule has 0 atom stereocenters. The van der Waals surface area contributed by atoms with Crippen molar-refractivity contribution in [2.75, 3.05) is 0 Å². The van der Waals surface area contributed by atoms with E-state index in [2.05, 4.69) is 382 Å². The van der Waals surface area contributed by atoms with Crippen LogP contribution in [0.5, 0.6) is 0 Å². The average Bonchev–Trinajstić information content (AvgIpc) is 1.61. The molecule has 0 aliphatic rings. The Balaban J connectivity index is 0.640. The van der Waals surface area contributed by atoms with Gasteiger partial charge in [-0.15, -0.1) is 0 Å². The van der Waals surface area contributed by atoms with E-state index in [1.54, 1.807) is 0 Å². The SMILES string of the molecule is c1cc(-c2cccc(-c3nc(-c4ccc(-n5c6ccccc6c6ccccc65)cc4)nc(-c4ccc(-n5c6ccccc6c6ccccc65)cc4)n3)c2)cc(-c2cccc(-c3nc(-c4ccc(-n5c6ccccc6c6ccccc65)cc4)nc(-c4ccc(-n5c6ccccc6c6ccccc65)cc4)n3)c2)c1. The fourth-order valence-electron chi connectivity index (χ4n) is 15.9. The van der Waals surface area contributed by atoms with Crippen LogP contribution in [0.3, 0.4) is 0 Å². The van der Waals surface area contributed by atoms with E-state index in [-0.39, 0.29) is 0 Å². The molecule has 10 nitrogen and oxygen atoms in total. The Bertz CT molecular complexity index is 6080. The van der Waals surface area contributed by atoms with Gasteiger partial charge >= 0.3 is 0 Å². The molecule has 0 aliphatic carbocycles. The van der Waals surface area contributed by atoms with Crippen LogP contribution < -0.4 is 0 Å². The molecule has 0 unspecified atom stereocenters. The Kier molecular flexibility index (Phi) is 14.0. The summed E-state index contributed by atoms with van der Waals surface area (Å²) in [7, 11) is 0. The molecule has 0 saturated carbocycles. The second-order valence-electron chi connectivity index (χ2n) is 27.0. The minimum atomic E-state index is 0.568. The molecule has 0 saturated heterocycles. The van der Waals surface area contributed by atoms with Gasteiger partial charge in [-0.05, 0) is 186 Å². The van der Waals surface area contributed by atoms with E-state index in [9.17, 15) is 0 Å². The van der Waals surface area contributed by atoms with Gasteiger partial charge < -0.3 is 18.3 Å². The van der Waals surface area contributed by atoms with Gasteiger partial charge in [-0.3, -0.25) is 0 Å². The summed E-state index contributed by atoms with van der Waals surface area (Å²) in [6.07, 6.45) is 0. The van der Waals surface area contributed by atoms with Gasteiger partial charge in [0.15, 0.2) is 34.9 Å². The Labute approximate surface area is 609 Å². The first-order chi connectivity index (χ1) is 52.5. The van der Waals surface area contributed by atoms with Gasteiger partial charge in [-0.1, -0.05) is 200 Å². The van der Waals surface area contributed by atoms with Crippen molar-refractivity contribution in [2.24, 2.45) is 0 Å². The quantitative estimate of drug-likeness (QED) is 0.121. The van der Waals surface area contributed by atoms with Crippen LogP contribution in [0.2, 0.25) is 0 Å². The highest BCUT2D eigenvalue weighted by Gasteiger charge is 2.21. The van der Waals surface area contributed by atoms with Gasteiger partial charge in [0.25, 0.3) is 0 Å². The van der Waals surface area contributed by atoms with E-state index >= 15 is 0 Å². The molecule has 21 aromatic rings. The highest BCUT2D eigenvalue weighted by Crippen LogP contribution is 2.40. The highest BCUT2D eigenvalue weighted by atomic mass is 15.1. The summed E-state index contributed by atoms with van der Waals surface area (Å²) in [4.78, 5) is 31.9. The summed E-state index contributed by atoms with van der Waals surface area (Å²) in [5, 5.41) is 9.72. The van der Waals surface area contributed by atoms with Crippen molar-refractivity contribution in [1.82, 2.24) is 48.2 Å². The van der Waals surface area contributed by atoms with Crippen LogP contribution in [-0.4, -0.2) is 48.2 Å². The average molecular weight is 1350 g/mol. The third-order valence-electron chi connectivity index (χ3n) is 20.9. The molecule has 6 aromatic heterocycles. The molecule has 6 heterocycles. The standard InChI is InChI=1S/C96H60N10/c1-9-34-83-75(26-1)76-27-2-10-35-84(76)103(83)71-50-42-61(43-51-71)91-97-92(62-44-52-72(53-45-62)104-85-36-11-3-28-77(85)78-29-4-12-37-86(78)104)100-95(99-91)69-24-18-22-67(59-69)65-20-17-21-66(58-65)68-23-19-25-70(60-68)96-101-93(63-46-54-73(55-47-63)105-87-38-13-5-30-79(87)80-31-6-14-39-88(80)105)98-94(102-96)64-48-56-74(57-49-64)106-89-40-15-7-32-81(89)82-33-8-16-41-90(82)106/h1-60H. The minimum absolute atomic E-state index is 0.568. The number of rotatable bonds is 12. The van der Waals surface area contributed by atoms with Crippen LogP contribution in [0.4, 0.5) is 0 Å². The molecule has 10 heteroatoms. The summed E-state index contributed by atoms with van der Waals surface area (Å²) in [6.45, 7) is 0. The first-order valence-electron chi connectivity index (χ1n) is 35.7. The van der Waals surface area contributed by atoms with Crippen molar-refractivity contribution < 1.29 is 0 Å². The van der Waals surface area contributed by atoms with Gasteiger partial charge in [0.1, 0.15) is 0 Å². The fraction of sp³-hybridized carbons (Fsp3) is 0. The Morgan fingerprint density at radius 2 is 0.292 bits per heavy atom. The number of para-hydroxylation sites is 8. The van der Waals surface area contributed by atoms with Crippen LogP contribution in [0.15, 0.2) is 364 Å². The molecular weight excluding hydrogens is 1290 g/mol. The second-order valence-corrected chi connectivity index (χ2v) is 27.0. The van der Waals surface area contributed by atoms with Crippen molar-refractivity contribution >= 4 is 87.2 Å². The smallest absolute Gasteiger partial charge is 0.164 e. The topological polar surface area (TPSA) is 97.1 Å². The third kappa shape index (κ3) is 10.1. The maximum Gasteiger partial charge on any atom is 0.164 e. The van der Waals surface area contributed by atoms with Crippen LogP contribution in [-0.2, 0) is 0 Å². The van der Waals surface area contributed by atoms with Crippen molar-refractivity contribution in [2.45, 2.75) is 0 Å². The molecular formula is C96H60N10. The predicted molar refractivity (Wildman–Crippen MR) is 434 cm³/mol. The number of aromatic nitrogens is 10. The first kappa shape index (κ1) is 60.3. The summed E-state index contributed by atoms with van der Waals surface area (Å²) in [5.74, 6) is 3.44. The molecule has 0 aliphatic heterocycles. The van der Waals surface area contributed by atoms with Gasteiger partial charge in [0.2, 0.25) is 0 Å². The predicted octanol–water partition coefficient (Wildman–Crippen LogP) is 23.8. The first-order valence-corrected chi connectivity index (χ1v) is 35.7. The van der Waals surface area contributed by atoms with Gasteiger partial charge in [0, 0.05) is 99.2 Å². The van der Waals surface area contributed by atoms with Gasteiger partial charge in [0.05, 0.1) is 44.1 Å².